The summed E-state index contributed by atoms with van der Waals surface area (Å²) < 4.78 is 1.79. The number of aromatic nitrogens is 2. The summed E-state index contributed by atoms with van der Waals surface area (Å²) in [4.78, 5) is 0. The fourth-order valence-electron chi connectivity index (χ4n) is 1.59. The number of rotatable bonds is 6. The van der Waals surface area contributed by atoms with Crippen molar-refractivity contribution in [3.05, 3.63) is 16.4 Å². The SMILES string of the molecule is CCC(CCl)(CCl)NCc1c(Cl)c(C)nn1C. The van der Waals surface area contributed by atoms with Gasteiger partial charge in [-0.05, 0) is 13.3 Å². The molecule has 17 heavy (non-hydrogen) atoms. The van der Waals surface area contributed by atoms with Gasteiger partial charge in [0.15, 0.2) is 0 Å². The van der Waals surface area contributed by atoms with E-state index in [0.29, 0.717) is 23.3 Å². The van der Waals surface area contributed by atoms with Crippen LogP contribution in [0.3, 0.4) is 0 Å². The third-order valence-electron chi connectivity index (χ3n) is 3.08. The van der Waals surface area contributed by atoms with Gasteiger partial charge >= 0.3 is 0 Å². The monoisotopic (exact) mass is 297 g/mol. The fraction of sp³-hybridized carbons (Fsp3) is 0.727. The summed E-state index contributed by atoms with van der Waals surface area (Å²) in [7, 11) is 1.88. The van der Waals surface area contributed by atoms with E-state index in [0.717, 1.165) is 17.8 Å². The number of aryl methyl sites for hydroxylation is 2. The molecule has 0 atom stereocenters. The molecule has 0 spiro atoms. The van der Waals surface area contributed by atoms with Crippen LogP contribution in [0.15, 0.2) is 0 Å². The topological polar surface area (TPSA) is 29.9 Å². The second-order valence-corrected chi connectivity index (χ2v) is 5.14. The first-order chi connectivity index (χ1) is 7.99. The summed E-state index contributed by atoms with van der Waals surface area (Å²) in [6.07, 6.45) is 0.869. The Morgan fingerprint density at radius 2 is 1.94 bits per heavy atom. The minimum absolute atomic E-state index is 0.245. The van der Waals surface area contributed by atoms with Gasteiger partial charge in [0.25, 0.3) is 0 Å². The first-order valence-electron chi connectivity index (χ1n) is 5.54. The summed E-state index contributed by atoms with van der Waals surface area (Å²) in [6.45, 7) is 4.57. The van der Waals surface area contributed by atoms with Crippen LogP contribution in [0.4, 0.5) is 0 Å². The Balaban J connectivity index is 2.79. The van der Waals surface area contributed by atoms with Crippen LogP contribution < -0.4 is 5.32 Å². The van der Waals surface area contributed by atoms with Crippen LogP contribution in [0.2, 0.25) is 5.02 Å². The molecular formula is C11H18Cl3N3. The van der Waals surface area contributed by atoms with E-state index in [9.17, 15) is 0 Å². The van der Waals surface area contributed by atoms with Crippen LogP contribution in [0, 0.1) is 6.92 Å². The highest BCUT2D eigenvalue weighted by atomic mass is 35.5. The molecule has 0 amide bonds. The second-order valence-electron chi connectivity index (χ2n) is 4.22. The van der Waals surface area contributed by atoms with Crippen molar-refractivity contribution < 1.29 is 0 Å². The van der Waals surface area contributed by atoms with Crippen LogP contribution in [-0.2, 0) is 13.6 Å². The van der Waals surface area contributed by atoms with Crippen LogP contribution >= 0.6 is 34.8 Å². The first-order valence-corrected chi connectivity index (χ1v) is 6.99. The smallest absolute Gasteiger partial charge is 0.0860 e. The van der Waals surface area contributed by atoms with E-state index < -0.39 is 0 Å². The summed E-state index contributed by atoms with van der Waals surface area (Å²) in [5.41, 5.74) is 1.55. The van der Waals surface area contributed by atoms with E-state index in [4.69, 9.17) is 34.8 Å². The molecule has 0 radical (unpaired) electrons. The number of hydrogen-bond donors (Lipinski definition) is 1. The molecule has 0 unspecified atom stereocenters. The second kappa shape index (κ2) is 6.28. The molecule has 0 saturated heterocycles. The van der Waals surface area contributed by atoms with Crippen LogP contribution in [0.25, 0.3) is 0 Å². The zero-order valence-corrected chi connectivity index (χ0v) is 12.6. The largest absolute Gasteiger partial charge is 0.303 e. The molecule has 0 aliphatic carbocycles. The van der Waals surface area contributed by atoms with Gasteiger partial charge in [0.2, 0.25) is 0 Å². The summed E-state index contributed by atoms with van der Waals surface area (Å²) in [5, 5.41) is 8.35. The molecule has 6 heteroatoms. The van der Waals surface area contributed by atoms with E-state index >= 15 is 0 Å². The number of hydrogen-bond acceptors (Lipinski definition) is 2. The van der Waals surface area contributed by atoms with Crippen molar-refractivity contribution in [1.82, 2.24) is 15.1 Å². The molecule has 1 aromatic rings. The van der Waals surface area contributed by atoms with E-state index in [2.05, 4.69) is 17.3 Å². The van der Waals surface area contributed by atoms with Crippen LogP contribution in [0.5, 0.6) is 0 Å². The summed E-state index contributed by atoms with van der Waals surface area (Å²) in [5.74, 6) is 0.947. The van der Waals surface area contributed by atoms with E-state index in [1.165, 1.54) is 0 Å². The lowest BCUT2D eigenvalue weighted by molar-refractivity contribution is 0.378. The van der Waals surface area contributed by atoms with Gasteiger partial charge in [-0.2, -0.15) is 5.10 Å². The average Bonchev–Trinajstić information content (AvgIpc) is 2.57. The van der Waals surface area contributed by atoms with Gasteiger partial charge in [0, 0.05) is 30.9 Å². The third kappa shape index (κ3) is 3.28. The molecule has 0 aromatic carbocycles. The fourth-order valence-corrected chi connectivity index (χ4v) is 2.67. The van der Waals surface area contributed by atoms with E-state index in [1.54, 1.807) is 4.68 Å². The predicted molar refractivity (Wildman–Crippen MR) is 74.3 cm³/mol. The normalized spacial score (nSPS) is 12.1. The molecule has 98 valence electrons. The Morgan fingerprint density at radius 3 is 2.29 bits per heavy atom. The number of nitrogens with one attached hydrogen (secondary N) is 1. The Morgan fingerprint density at radius 1 is 1.35 bits per heavy atom. The quantitative estimate of drug-likeness (QED) is 0.818. The lowest BCUT2D eigenvalue weighted by Crippen LogP contribution is -2.48. The Labute approximate surface area is 117 Å². The summed E-state index contributed by atoms with van der Waals surface area (Å²) >= 11 is 18.1. The number of nitrogens with zero attached hydrogens (tertiary/aromatic N) is 2. The maximum Gasteiger partial charge on any atom is 0.0860 e. The van der Waals surface area contributed by atoms with Gasteiger partial charge < -0.3 is 5.32 Å². The van der Waals surface area contributed by atoms with E-state index in [1.807, 2.05) is 14.0 Å². The van der Waals surface area contributed by atoms with Crippen LogP contribution in [-0.4, -0.2) is 27.1 Å². The van der Waals surface area contributed by atoms with Crippen molar-refractivity contribution in [3.63, 3.8) is 0 Å². The van der Waals surface area contributed by atoms with Gasteiger partial charge in [-0.25, -0.2) is 0 Å². The minimum atomic E-state index is -0.245. The lowest BCUT2D eigenvalue weighted by atomic mass is 10.0. The molecule has 0 saturated carbocycles. The zero-order chi connectivity index (χ0) is 13.1. The third-order valence-corrected chi connectivity index (χ3v) is 4.60. The zero-order valence-electron chi connectivity index (χ0n) is 10.4. The molecule has 1 N–H and O–H groups in total. The highest BCUT2D eigenvalue weighted by molar-refractivity contribution is 6.31. The lowest BCUT2D eigenvalue weighted by Gasteiger charge is -2.29. The Hall–Kier alpha value is 0.0400. The van der Waals surface area contributed by atoms with Crippen molar-refractivity contribution >= 4 is 34.8 Å². The minimum Gasteiger partial charge on any atom is -0.303 e. The molecular weight excluding hydrogens is 281 g/mol. The first kappa shape index (κ1) is 15.1. The van der Waals surface area contributed by atoms with Gasteiger partial charge in [-0.3, -0.25) is 4.68 Å². The molecule has 3 nitrogen and oxygen atoms in total. The van der Waals surface area contributed by atoms with Crippen molar-refractivity contribution in [1.29, 1.82) is 0 Å². The number of alkyl halides is 2. The maximum absolute atomic E-state index is 6.18. The van der Waals surface area contributed by atoms with E-state index in [-0.39, 0.29) is 5.54 Å². The van der Waals surface area contributed by atoms with Gasteiger partial charge in [0.05, 0.1) is 16.4 Å². The maximum atomic E-state index is 6.18. The highest BCUT2D eigenvalue weighted by Crippen LogP contribution is 2.21. The predicted octanol–water partition coefficient (Wildman–Crippen LogP) is 3.10. The molecule has 0 fully saturated rings. The highest BCUT2D eigenvalue weighted by Gasteiger charge is 2.26. The standard InChI is InChI=1S/C11H18Cl3N3/c1-4-11(6-12,7-13)15-5-9-10(14)8(2)16-17(9)3/h15H,4-7H2,1-3H3. The van der Waals surface area contributed by atoms with Gasteiger partial charge in [-0.1, -0.05) is 18.5 Å². The van der Waals surface area contributed by atoms with Gasteiger partial charge in [-0.15, -0.1) is 23.2 Å². The molecule has 0 aliphatic heterocycles. The molecule has 1 heterocycles. The molecule has 1 rings (SSSR count). The summed E-state index contributed by atoms with van der Waals surface area (Å²) in [6, 6.07) is 0. The Bertz CT molecular complexity index is 364. The van der Waals surface area contributed by atoms with Crippen molar-refractivity contribution in [3.8, 4) is 0 Å². The Kier molecular flexibility index (Phi) is 5.58. The van der Waals surface area contributed by atoms with Gasteiger partial charge in [0.1, 0.15) is 0 Å². The molecule has 1 aromatic heterocycles. The molecule has 0 aliphatic rings. The van der Waals surface area contributed by atoms with Crippen LogP contribution in [0.1, 0.15) is 24.7 Å². The molecule has 0 bridgehead atoms. The van der Waals surface area contributed by atoms with Crippen molar-refractivity contribution in [2.45, 2.75) is 32.4 Å². The van der Waals surface area contributed by atoms with Crippen molar-refractivity contribution in [2.75, 3.05) is 11.8 Å². The average molecular weight is 299 g/mol. The number of halogens is 3. The van der Waals surface area contributed by atoms with Crippen molar-refractivity contribution in [2.24, 2.45) is 7.05 Å².